The van der Waals surface area contributed by atoms with Gasteiger partial charge in [-0.3, -0.25) is 4.68 Å². The van der Waals surface area contributed by atoms with E-state index in [0.717, 1.165) is 66.9 Å². The van der Waals surface area contributed by atoms with Gasteiger partial charge in [-0.05, 0) is 95.0 Å². The van der Waals surface area contributed by atoms with E-state index in [2.05, 4.69) is 18.2 Å². The molecule has 47 heavy (non-hydrogen) atoms. The van der Waals surface area contributed by atoms with Crippen LogP contribution < -0.4 is 0 Å². The summed E-state index contributed by atoms with van der Waals surface area (Å²) in [6.07, 6.45) is 0.181. The molecule has 1 aliphatic rings. The van der Waals surface area contributed by atoms with E-state index in [1.807, 2.05) is 76.7 Å². The Morgan fingerprint density at radius 2 is 1.77 bits per heavy atom. The zero-order valence-electron chi connectivity index (χ0n) is 27.5. The van der Waals surface area contributed by atoms with Crippen molar-refractivity contribution in [3.8, 4) is 21.7 Å². The molecule has 3 heterocycles. The number of benzene rings is 3. The predicted octanol–water partition coefficient (Wildman–Crippen LogP) is 8.76. The van der Waals surface area contributed by atoms with Gasteiger partial charge in [0.15, 0.2) is 6.10 Å². The van der Waals surface area contributed by atoms with Gasteiger partial charge in [-0.1, -0.05) is 23.7 Å². The Morgan fingerprint density at radius 3 is 2.40 bits per heavy atom. The summed E-state index contributed by atoms with van der Waals surface area (Å²) in [5.74, 6) is -0.836. The standard InChI is InChI=1S/C36H39ClN4O5S/c1-7-45-35(44)41-16-14-22(15-17-41)30-25-19-23(10-13-27(25)40(6)39-30)33-38-26-18-20(2)28(31(34(42)43)46-36(3,4)5)29(32(26)47-33)21-8-11-24(37)12-9-21/h8-13,18-19,22,31H,7,14-17H2,1-6H3,(H,42,43)/t31-/m0/s1. The van der Waals surface area contributed by atoms with Crippen molar-refractivity contribution in [1.82, 2.24) is 19.7 Å². The number of piperidine rings is 1. The lowest BCUT2D eigenvalue weighted by atomic mass is 9.91. The minimum absolute atomic E-state index is 0.215. The number of halogens is 1. The normalized spacial score (nSPS) is 15.0. The second-order valence-electron chi connectivity index (χ2n) is 13.0. The Morgan fingerprint density at radius 1 is 1.09 bits per heavy atom. The molecule has 246 valence electrons. The topological polar surface area (TPSA) is 107 Å². The molecule has 1 fully saturated rings. The lowest BCUT2D eigenvalue weighted by molar-refractivity contribution is -0.160. The first-order valence-corrected chi connectivity index (χ1v) is 17.0. The largest absolute Gasteiger partial charge is 0.479 e. The summed E-state index contributed by atoms with van der Waals surface area (Å²) in [6, 6.07) is 15.7. The molecule has 1 saturated heterocycles. The van der Waals surface area contributed by atoms with Crippen LogP contribution in [0.2, 0.25) is 5.02 Å². The van der Waals surface area contributed by atoms with Crippen LogP contribution in [0.25, 0.3) is 42.8 Å². The highest BCUT2D eigenvalue weighted by molar-refractivity contribution is 7.22. The third kappa shape index (κ3) is 6.59. The number of carbonyl (C=O) groups excluding carboxylic acids is 1. The van der Waals surface area contributed by atoms with E-state index in [1.54, 1.807) is 4.90 Å². The fourth-order valence-corrected chi connectivity index (χ4v) is 7.69. The van der Waals surface area contributed by atoms with Crippen LogP contribution in [0.3, 0.4) is 0 Å². The lowest BCUT2D eigenvalue weighted by Crippen LogP contribution is -2.38. The summed E-state index contributed by atoms with van der Waals surface area (Å²) in [7, 11) is 1.96. The van der Waals surface area contributed by atoms with Crippen LogP contribution in [0.5, 0.6) is 0 Å². The molecule has 1 atom stereocenters. The number of carboxylic acid groups (broad SMARTS) is 1. The monoisotopic (exact) mass is 674 g/mol. The van der Waals surface area contributed by atoms with Crippen molar-refractivity contribution >= 4 is 56.1 Å². The van der Waals surface area contributed by atoms with E-state index >= 15 is 0 Å². The maximum Gasteiger partial charge on any atom is 0.409 e. The van der Waals surface area contributed by atoms with E-state index in [9.17, 15) is 14.7 Å². The number of carbonyl (C=O) groups is 2. The number of aromatic nitrogens is 3. The van der Waals surface area contributed by atoms with Gasteiger partial charge in [-0.2, -0.15) is 5.10 Å². The average Bonchev–Trinajstić information content (AvgIpc) is 3.60. The van der Waals surface area contributed by atoms with Crippen molar-refractivity contribution < 1.29 is 24.2 Å². The minimum atomic E-state index is -1.18. The van der Waals surface area contributed by atoms with Crippen molar-refractivity contribution in [3.63, 3.8) is 0 Å². The lowest BCUT2D eigenvalue weighted by Gasteiger charge is -2.30. The molecule has 0 unspecified atom stereocenters. The molecule has 6 rings (SSSR count). The molecule has 0 radical (unpaired) electrons. The van der Waals surface area contributed by atoms with Crippen LogP contribution in [-0.2, 0) is 21.3 Å². The van der Waals surface area contributed by atoms with Crippen LogP contribution in [0.4, 0.5) is 4.79 Å². The fourth-order valence-electron chi connectivity index (χ4n) is 6.44. The third-order valence-corrected chi connectivity index (χ3v) is 9.94. The van der Waals surface area contributed by atoms with Crippen molar-refractivity contribution in [2.45, 2.75) is 65.1 Å². The maximum atomic E-state index is 12.7. The highest BCUT2D eigenvalue weighted by Gasteiger charge is 2.33. The second kappa shape index (κ2) is 12.9. The first-order valence-electron chi connectivity index (χ1n) is 15.8. The fraction of sp³-hybridized carbons (Fsp3) is 0.389. The molecule has 1 N–H and O–H groups in total. The Bertz CT molecular complexity index is 1970. The summed E-state index contributed by atoms with van der Waals surface area (Å²) in [5.41, 5.74) is 6.13. The van der Waals surface area contributed by atoms with Gasteiger partial charge in [0.05, 0.1) is 33.6 Å². The first kappa shape index (κ1) is 32.9. The number of ether oxygens (including phenoxy) is 2. The molecule has 1 aliphatic heterocycles. The minimum Gasteiger partial charge on any atom is -0.479 e. The Hall–Kier alpha value is -3.99. The van der Waals surface area contributed by atoms with Gasteiger partial charge in [0.25, 0.3) is 0 Å². The average molecular weight is 675 g/mol. The molecule has 0 aliphatic carbocycles. The zero-order chi connectivity index (χ0) is 33.6. The number of carboxylic acids is 1. The molecular formula is C36H39ClN4O5S. The van der Waals surface area contributed by atoms with E-state index < -0.39 is 17.7 Å². The predicted molar refractivity (Wildman–Crippen MR) is 186 cm³/mol. The highest BCUT2D eigenvalue weighted by Crippen LogP contribution is 2.45. The molecule has 11 heteroatoms. The van der Waals surface area contributed by atoms with Crippen molar-refractivity contribution in [1.29, 1.82) is 0 Å². The summed E-state index contributed by atoms with van der Waals surface area (Å²) in [5, 5.41) is 17.8. The molecular weight excluding hydrogens is 636 g/mol. The molecule has 2 aromatic heterocycles. The Balaban J connectivity index is 1.45. The number of amides is 1. The number of thiazole rings is 1. The smallest absolute Gasteiger partial charge is 0.409 e. The molecule has 0 bridgehead atoms. The number of aliphatic carboxylic acids is 1. The van der Waals surface area contributed by atoms with E-state index in [1.165, 1.54) is 11.3 Å². The number of rotatable bonds is 7. The van der Waals surface area contributed by atoms with E-state index in [0.29, 0.717) is 30.3 Å². The van der Waals surface area contributed by atoms with Crippen LogP contribution in [0.1, 0.15) is 69.4 Å². The molecule has 0 spiro atoms. The number of hydrogen-bond acceptors (Lipinski definition) is 7. The van der Waals surface area contributed by atoms with Crippen LogP contribution in [0.15, 0.2) is 48.5 Å². The van der Waals surface area contributed by atoms with Crippen molar-refractivity contribution in [2.75, 3.05) is 19.7 Å². The molecule has 9 nitrogen and oxygen atoms in total. The maximum absolute atomic E-state index is 12.7. The SMILES string of the molecule is CCOC(=O)N1CCC(c2nn(C)c3ccc(-c4nc5cc(C)c([C@H](OC(C)(C)C)C(=O)O)c(-c6ccc(Cl)cc6)c5s4)cc23)CC1. The molecule has 5 aromatic rings. The van der Waals surface area contributed by atoms with Gasteiger partial charge in [-0.15, -0.1) is 11.3 Å². The van der Waals surface area contributed by atoms with Crippen LogP contribution in [0, 0.1) is 6.92 Å². The highest BCUT2D eigenvalue weighted by atomic mass is 35.5. The number of hydrogen-bond donors (Lipinski definition) is 1. The van der Waals surface area contributed by atoms with Gasteiger partial charge in [-0.25, -0.2) is 14.6 Å². The first-order chi connectivity index (χ1) is 22.3. The van der Waals surface area contributed by atoms with Gasteiger partial charge in [0, 0.05) is 53.2 Å². The van der Waals surface area contributed by atoms with E-state index in [4.69, 9.17) is 31.2 Å². The molecule has 3 aromatic carbocycles. The number of nitrogens with zero attached hydrogens (tertiary/aromatic N) is 4. The second-order valence-corrected chi connectivity index (χ2v) is 14.4. The zero-order valence-corrected chi connectivity index (χ0v) is 29.0. The van der Waals surface area contributed by atoms with Crippen molar-refractivity contribution in [3.05, 3.63) is 70.4 Å². The van der Waals surface area contributed by atoms with Gasteiger partial charge in [0.1, 0.15) is 5.01 Å². The van der Waals surface area contributed by atoms with Gasteiger partial charge < -0.3 is 19.5 Å². The molecule has 1 amide bonds. The summed E-state index contributed by atoms with van der Waals surface area (Å²) >= 11 is 7.80. The van der Waals surface area contributed by atoms with Crippen LogP contribution in [-0.4, -0.2) is 62.1 Å². The van der Waals surface area contributed by atoms with Gasteiger partial charge >= 0.3 is 12.1 Å². The van der Waals surface area contributed by atoms with E-state index in [-0.39, 0.29) is 12.0 Å². The Labute approximate surface area is 283 Å². The summed E-state index contributed by atoms with van der Waals surface area (Å²) < 4.78 is 14.2. The number of likely N-dealkylation sites (tertiary alicyclic amines) is 1. The quantitative estimate of drug-likeness (QED) is 0.184. The number of aryl methyl sites for hydroxylation is 2. The van der Waals surface area contributed by atoms with Crippen molar-refractivity contribution in [2.24, 2.45) is 7.05 Å². The van der Waals surface area contributed by atoms with Gasteiger partial charge in [0.2, 0.25) is 0 Å². The summed E-state index contributed by atoms with van der Waals surface area (Å²) in [4.78, 5) is 31.8. The third-order valence-electron chi connectivity index (χ3n) is 8.55. The Kier molecular flexibility index (Phi) is 9.04. The number of fused-ring (bicyclic) bond motifs is 2. The van der Waals surface area contributed by atoms with Crippen LogP contribution >= 0.6 is 22.9 Å². The summed E-state index contributed by atoms with van der Waals surface area (Å²) in [6.45, 7) is 10.9. The molecule has 0 saturated carbocycles.